The second kappa shape index (κ2) is 2.81. The van der Waals surface area contributed by atoms with Gasteiger partial charge in [0.1, 0.15) is 0 Å². The lowest BCUT2D eigenvalue weighted by Crippen LogP contribution is -2.48. The van der Waals surface area contributed by atoms with E-state index in [1.807, 2.05) is 0 Å². The van der Waals surface area contributed by atoms with Crippen molar-refractivity contribution in [1.29, 1.82) is 0 Å². The molecule has 0 atom stereocenters. The third kappa shape index (κ3) is 2.19. The highest BCUT2D eigenvalue weighted by Gasteiger charge is 2.28. The second-order valence-electron chi connectivity index (χ2n) is 4.06. The minimum Gasteiger partial charge on any atom is -0.369 e. The number of quaternary nitrogens is 1. The Labute approximate surface area is 67.8 Å². The molecule has 0 spiro atoms. The number of rotatable bonds is 1. The molecule has 1 fully saturated rings. The molecule has 1 aliphatic rings. The van der Waals surface area contributed by atoms with Crippen LogP contribution in [0, 0.1) is 5.92 Å². The lowest BCUT2D eigenvalue weighted by Gasteiger charge is -2.36. The average molecular weight is 157 g/mol. The van der Waals surface area contributed by atoms with Gasteiger partial charge < -0.3 is 10.2 Å². The van der Waals surface area contributed by atoms with Crippen molar-refractivity contribution in [2.75, 3.05) is 27.2 Å². The Morgan fingerprint density at radius 1 is 1.36 bits per heavy atom. The molecule has 2 N–H and O–H groups in total. The van der Waals surface area contributed by atoms with Gasteiger partial charge in [-0.1, -0.05) is 0 Å². The highest BCUT2D eigenvalue weighted by molar-refractivity contribution is 5.76. The molecule has 0 aliphatic carbocycles. The maximum Gasteiger partial charge on any atom is 0.220 e. The zero-order valence-electron chi connectivity index (χ0n) is 7.34. The third-order valence-corrected chi connectivity index (χ3v) is 2.57. The van der Waals surface area contributed by atoms with Crippen LogP contribution in [0.5, 0.6) is 0 Å². The van der Waals surface area contributed by atoms with Crippen LogP contribution in [0.2, 0.25) is 0 Å². The van der Waals surface area contributed by atoms with Crippen LogP contribution < -0.4 is 5.73 Å². The fourth-order valence-corrected chi connectivity index (χ4v) is 1.55. The van der Waals surface area contributed by atoms with Gasteiger partial charge >= 0.3 is 0 Å². The summed E-state index contributed by atoms with van der Waals surface area (Å²) in [7, 11) is 4.38. The number of carbonyl (C=O) groups excluding carboxylic acids is 1. The second-order valence-corrected chi connectivity index (χ2v) is 4.06. The van der Waals surface area contributed by atoms with Crippen molar-refractivity contribution < 1.29 is 9.28 Å². The van der Waals surface area contributed by atoms with Crippen molar-refractivity contribution in [3.05, 3.63) is 0 Å². The van der Waals surface area contributed by atoms with Gasteiger partial charge in [-0.25, -0.2) is 0 Å². The van der Waals surface area contributed by atoms with E-state index < -0.39 is 0 Å². The van der Waals surface area contributed by atoms with Gasteiger partial charge in [-0.2, -0.15) is 0 Å². The molecule has 0 unspecified atom stereocenters. The predicted octanol–water partition coefficient (Wildman–Crippen LogP) is -0.0419. The summed E-state index contributed by atoms with van der Waals surface area (Å²) in [5.74, 6) is 0.0193. The quantitative estimate of drug-likeness (QED) is 0.533. The normalized spacial score (nSPS) is 24.9. The van der Waals surface area contributed by atoms with Crippen LogP contribution in [0.4, 0.5) is 0 Å². The van der Waals surface area contributed by atoms with Crippen LogP contribution in [0.1, 0.15) is 12.8 Å². The first-order valence-electron chi connectivity index (χ1n) is 4.12. The number of carbonyl (C=O) groups is 1. The first-order valence-corrected chi connectivity index (χ1v) is 4.12. The Bertz CT molecular complexity index is 155. The lowest BCUT2D eigenvalue weighted by atomic mass is 9.95. The first kappa shape index (κ1) is 8.53. The SMILES string of the molecule is C[N+]1(C)CCC(C(N)=O)CC1. The molecule has 1 saturated heterocycles. The van der Waals surface area contributed by atoms with Gasteiger partial charge in [-0.05, 0) is 0 Å². The monoisotopic (exact) mass is 157 g/mol. The van der Waals surface area contributed by atoms with Crippen LogP contribution in [-0.4, -0.2) is 37.6 Å². The Morgan fingerprint density at radius 3 is 2.18 bits per heavy atom. The number of primary amides is 1. The molecule has 11 heavy (non-hydrogen) atoms. The molecule has 64 valence electrons. The smallest absolute Gasteiger partial charge is 0.220 e. The highest BCUT2D eigenvalue weighted by atomic mass is 16.1. The molecule has 0 aromatic heterocycles. The molecule has 0 bridgehead atoms. The van der Waals surface area contributed by atoms with Crippen LogP contribution in [0.25, 0.3) is 0 Å². The molecular weight excluding hydrogens is 140 g/mol. The predicted molar refractivity (Wildman–Crippen MR) is 43.8 cm³/mol. The van der Waals surface area contributed by atoms with E-state index in [4.69, 9.17) is 5.73 Å². The van der Waals surface area contributed by atoms with Crippen molar-refractivity contribution in [1.82, 2.24) is 0 Å². The van der Waals surface area contributed by atoms with Crippen molar-refractivity contribution in [2.24, 2.45) is 11.7 Å². The van der Waals surface area contributed by atoms with Crippen LogP contribution in [0.3, 0.4) is 0 Å². The van der Waals surface area contributed by atoms with E-state index in [0.29, 0.717) is 0 Å². The average Bonchev–Trinajstić information content (AvgIpc) is 1.86. The van der Waals surface area contributed by atoms with Gasteiger partial charge in [0.2, 0.25) is 5.91 Å². The van der Waals surface area contributed by atoms with E-state index >= 15 is 0 Å². The number of amides is 1. The summed E-state index contributed by atoms with van der Waals surface area (Å²) < 4.78 is 1.03. The van der Waals surface area contributed by atoms with E-state index in [1.165, 1.54) is 0 Å². The molecule has 1 heterocycles. The topological polar surface area (TPSA) is 43.1 Å². The summed E-state index contributed by atoms with van der Waals surface area (Å²) in [6.45, 7) is 2.15. The third-order valence-electron chi connectivity index (χ3n) is 2.57. The molecule has 1 rings (SSSR count). The maximum atomic E-state index is 10.8. The number of likely N-dealkylation sites (tertiary alicyclic amines) is 1. The summed E-state index contributed by atoms with van der Waals surface area (Å²) in [6.07, 6.45) is 1.92. The number of piperidine rings is 1. The molecule has 3 nitrogen and oxygen atoms in total. The Balaban J connectivity index is 2.42. The number of hydrogen-bond acceptors (Lipinski definition) is 1. The summed E-state index contributed by atoms with van der Waals surface area (Å²) >= 11 is 0. The standard InChI is InChI=1S/C8H16N2O/c1-10(2)5-3-7(4-6-10)8(9)11/h7H,3-6H2,1-2H3,(H-,9,11)/p+1. The molecule has 3 heteroatoms. The van der Waals surface area contributed by atoms with Crippen molar-refractivity contribution in [3.8, 4) is 0 Å². The maximum absolute atomic E-state index is 10.8. The molecule has 0 aromatic rings. The van der Waals surface area contributed by atoms with E-state index in [2.05, 4.69) is 14.1 Å². The summed E-state index contributed by atoms with van der Waals surface area (Å²) in [5.41, 5.74) is 5.21. The fourth-order valence-electron chi connectivity index (χ4n) is 1.55. The largest absolute Gasteiger partial charge is 0.369 e. The molecule has 0 radical (unpaired) electrons. The van der Waals surface area contributed by atoms with E-state index in [-0.39, 0.29) is 11.8 Å². The van der Waals surface area contributed by atoms with Crippen molar-refractivity contribution in [3.63, 3.8) is 0 Å². The minimum absolute atomic E-state index is 0.121. The Morgan fingerprint density at radius 2 is 1.82 bits per heavy atom. The highest BCUT2D eigenvalue weighted by Crippen LogP contribution is 2.19. The van der Waals surface area contributed by atoms with Gasteiger partial charge in [-0.15, -0.1) is 0 Å². The van der Waals surface area contributed by atoms with Crippen molar-refractivity contribution >= 4 is 5.91 Å². The van der Waals surface area contributed by atoms with Gasteiger partial charge in [0.05, 0.1) is 27.2 Å². The molecule has 0 aromatic carbocycles. The van der Waals surface area contributed by atoms with E-state index in [1.54, 1.807) is 0 Å². The Kier molecular flexibility index (Phi) is 2.18. The van der Waals surface area contributed by atoms with E-state index in [9.17, 15) is 4.79 Å². The number of nitrogens with zero attached hydrogens (tertiary/aromatic N) is 1. The van der Waals surface area contributed by atoms with Crippen LogP contribution >= 0.6 is 0 Å². The molecule has 1 amide bonds. The number of nitrogens with two attached hydrogens (primary N) is 1. The lowest BCUT2D eigenvalue weighted by molar-refractivity contribution is -0.895. The summed E-state index contributed by atoms with van der Waals surface area (Å²) in [6, 6.07) is 0. The van der Waals surface area contributed by atoms with Crippen molar-refractivity contribution in [2.45, 2.75) is 12.8 Å². The fraction of sp³-hybridized carbons (Fsp3) is 0.875. The number of hydrogen-bond donors (Lipinski definition) is 1. The minimum atomic E-state index is -0.121. The summed E-state index contributed by atoms with van der Waals surface area (Å²) in [4.78, 5) is 10.8. The van der Waals surface area contributed by atoms with Crippen LogP contribution in [-0.2, 0) is 4.79 Å². The van der Waals surface area contributed by atoms with Crippen LogP contribution in [0.15, 0.2) is 0 Å². The zero-order chi connectivity index (χ0) is 8.48. The van der Waals surface area contributed by atoms with Gasteiger partial charge in [0, 0.05) is 18.8 Å². The van der Waals surface area contributed by atoms with E-state index in [0.717, 1.165) is 30.4 Å². The summed E-state index contributed by atoms with van der Waals surface area (Å²) in [5, 5.41) is 0. The molecule has 0 saturated carbocycles. The first-order chi connectivity index (χ1) is 5.01. The van der Waals surface area contributed by atoms with Gasteiger partial charge in [0.25, 0.3) is 0 Å². The Hall–Kier alpha value is -0.570. The van der Waals surface area contributed by atoms with Gasteiger partial charge in [-0.3, -0.25) is 4.79 Å². The molecular formula is C8H17N2O+. The zero-order valence-corrected chi connectivity index (χ0v) is 7.34. The molecule has 1 aliphatic heterocycles. The van der Waals surface area contributed by atoms with Gasteiger partial charge in [0.15, 0.2) is 0 Å².